The average Bonchev–Trinajstić information content (AvgIpc) is 3.25. The smallest absolute Gasteiger partial charge is 0.411 e. The Morgan fingerprint density at radius 2 is 1.69 bits per heavy atom. The first-order valence-corrected chi connectivity index (χ1v) is 11.1. The summed E-state index contributed by atoms with van der Waals surface area (Å²) in [5, 5.41) is 9.36. The van der Waals surface area contributed by atoms with Crippen LogP contribution in [0.5, 0.6) is 0 Å². The second-order valence-corrected chi connectivity index (χ2v) is 9.27. The van der Waals surface area contributed by atoms with Crippen LogP contribution in [0.2, 0.25) is 0 Å². The molecular formula is C25H26N4O3. The van der Waals surface area contributed by atoms with Crippen molar-refractivity contribution in [2.24, 2.45) is 0 Å². The highest BCUT2D eigenvalue weighted by Gasteiger charge is 2.51. The van der Waals surface area contributed by atoms with Crippen LogP contribution in [0, 0.1) is 11.3 Å². The zero-order valence-electron chi connectivity index (χ0n) is 18.2. The van der Waals surface area contributed by atoms with E-state index in [-0.39, 0.29) is 29.9 Å². The van der Waals surface area contributed by atoms with Crippen molar-refractivity contribution in [1.29, 1.82) is 5.26 Å². The minimum Gasteiger partial charge on any atom is -0.441 e. The van der Waals surface area contributed by atoms with Gasteiger partial charge in [-0.1, -0.05) is 36.4 Å². The Morgan fingerprint density at radius 3 is 2.38 bits per heavy atom. The average molecular weight is 431 g/mol. The van der Waals surface area contributed by atoms with Crippen molar-refractivity contribution in [2.45, 2.75) is 63.3 Å². The first-order valence-electron chi connectivity index (χ1n) is 11.1. The maximum Gasteiger partial charge on any atom is 0.411 e. The van der Waals surface area contributed by atoms with Crippen molar-refractivity contribution in [2.75, 3.05) is 0 Å². The molecule has 164 valence electrons. The molecule has 2 aromatic carbocycles. The zero-order chi connectivity index (χ0) is 22.5. The van der Waals surface area contributed by atoms with Gasteiger partial charge in [0, 0.05) is 12.1 Å². The van der Waals surface area contributed by atoms with Crippen molar-refractivity contribution < 1.29 is 9.53 Å². The minimum atomic E-state index is -0.614. The topological polar surface area (TPSA) is 91.1 Å². The molecule has 7 nitrogen and oxygen atoms in total. The van der Waals surface area contributed by atoms with Gasteiger partial charge in [-0.15, -0.1) is 0 Å². The molecular weight excluding hydrogens is 404 g/mol. The Morgan fingerprint density at radius 1 is 1.00 bits per heavy atom. The third kappa shape index (κ3) is 3.18. The first-order chi connectivity index (χ1) is 15.4. The number of hydrogen-bond donors (Lipinski definition) is 1. The number of nitriles is 1. The molecule has 1 aliphatic heterocycles. The molecule has 1 aliphatic carbocycles. The second kappa shape index (κ2) is 7.56. The molecule has 3 aromatic rings. The Hall–Kier alpha value is -3.53. The summed E-state index contributed by atoms with van der Waals surface area (Å²) in [6.07, 6.45) is 2.86. The predicted octanol–water partition coefficient (Wildman–Crippen LogP) is 4.66. The number of nitrogens with one attached hydrogen (secondary N) is 1. The normalized spacial score (nSPS) is 25.0. The monoisotopic (exact) mass is 430 g/mol. The third-order valence-electron chi connectivity index (χ3n) is 6.91. The first kappa shape index (κ1) is 20.4. The van der Waals surface area contributed by atoms with Crippen molar-refractivity contribution in [3.63, 3.8) is 0 Å². The van der Waals surface area contributed by atoms with Gasteiger partial charge < -0.3 is 9.72 Å². The Labute approximate surface area is 186 Å². The number of aromatic amines is 1. The van der Waals surface area contributed by atoms with E-state index in [9.17, 15) is 14.9 Å². The third-order valence-corrected chi connectivity index (χ3v) is 6.91. The zero-order valence-corrected chi connectivity index (χ0v) is 18.2. The van der Waals surface area contributed by atoms with Gasteiger partial charge in [-0.3, -0.25) is 9.47 Å². The maximum atomic E-state index is 12.9. The van der Waals surface area contributed by atoms with Crippen LogP contribution in [0.4, 0.5) is 4.79 Å². The fraction of sp³-hybridized carbons (Fsp3) is 0.400. The van der Waals surface area contributed by atoms with Crippen molar-refractivity contribution in [3.05, 3.63) is 70.1 Å². The van der Waals surface area contributed by atoms with E-state index in [0.29, 0.717) is 11.1 Å². The summed E-state index contributed by atoms with van der Waals surface area (Å²) >= 11 is 0. The molecule has 2 fully saturated rings. The van der Waals surface area contributed by atoms with Crippen LogP contribution >= 0.6 is 0 Å². The maximum absolute atomic E-state index is 12.9. The van der Waals surface area contributed by atoms with E-state index in [1.54, 1.807) is 10.6 Å². The molecule has 1 atom stereocenters. The van der Waals surface area contributed by atoms with E-state index < -0.39 is 5.60 Å². The summed E-state index contributed by atoms with van der Waals surface area (Å²) in [6, 6.07) is 17.5. The number of para-hydroxylation sites is 1. The molecule has 0 radical (unpaired) electrons. The van der Waals surface area contributed by atoms with E-state index in [1.165, 1.54) is 0 Å². The van der Waals surface area contributed by atoms with Crippen LogP contribution in [-0.2, 0) is 4.74 Å². The SMILES string of the molecule is CC1(C)OC(=O)N(C2CCC(n3c(=O)[nH]c4c(C#N)cccc43)CC2)[C@H]1c1ccccc1. The molecule has 1 N–H and O–H groups in total. The fourth-order valence-corrected chi connectivity index (χ4v) is 5.53. The van der Waals surface area contributed by atoms with Gasteiger partial charge in [-0.2, -0.15) is 5.26 Å². The van der Waals surface area contributed by atoms with Crippen LogP contribution in [0.25, 0.3) is 11.0 Å². The van der Waals surface area contributed by atoms with E-state index in [1.807, 2.05) is 61.2 Å². The Balaban J connectivity index is 1.41. The van der Waals surface area contributed by atoms with E-state index >= 15 is 0 Å². The number of rotatable bonds is 3. The van der Waals surface area contributed by atoms with Gasteiger partial charge in [-0.05, 0) is 57.2 Å². The number of benzene rings is 2. The molecule has 5 rings (SSSR count). The molecule has 2 heterocycles. The number of hydrogen-bond acceptors (Lipinski definition) is 4. The lowest BCUT2D eigenvalue weighted by Gasteiger charge is -2.38. The van der Waals surface area contributed by atoms with Crippen LogP contribution < -0.4 is 5.69 Å². The summed E-state index contributed by atoms with van der Waals surface area (Å²) in [5.41, 5.74) is 2.10. The number of fused-ring (bicyclic) bond motifs is 1. The second-order valence-electron chi connectivity index (χ2n) is 9.27. The molecule has 0 bridgehead atoms. The number of carbonyl (C=O) groups excluding carboxylic acids is 1. The molecule has 0 spiro atoms. The van der Waals surface area contributed by atoms with Crippen LogP contribution in [0.3, 0.4) is 0 Å². The highest BCUT2D eigenvalue weighted by molar-refractivity contribution is 5.81. The number of carbonyl (C=O) groups is 1. The van der Waals surface area contributed by atoms with Crippen LogP contribution in [0.15, 0.2) is 53.3 Å². The minimum absolute atomic E-state index is 0.0308. The Kier molecular flexibility index (Phi) is 4.81. The number of imidazole rings is 1. The number of nitrogens with zero attached hydrogens (tertiary/aromatic N) is 3. The molecule has 0 unspecified atom stereocenters. The van der Waals surface area contributed by atoms with E-state index in [2.05, 4.69) is 11.1 Å². The summed E-state index contributed by atoms with van der Waals surface area (Å²) in [4.78, 5) is 30.4. The number of amides is 1. The standard InChI is InChI=1S/C25H26N4O3/c1-25(2)22(16-7-4-3-5-8-16)29(24(31)32-25)19-13-11-18(12-14-19)28-20-10-6-9-17(15-26)21(20)27-23(28)30/h3-10,18-19,22H,11-14H2,1-2H3,(H,27,30)/t18?,19?,22-/m0/s1. The number of cyclic esters (lactones) is 1. The van der Waals surface area contributed by atoms with Crippen molar-refractivity contribution >= 4 is 17.1 Å². The number of H-pyrrole nitrogens is 1. The van der Waals surface area contributed by atoms with E-state index in [0.717, 1.165) is 36.8 Å². The summed E-state index contributed by atoms with van der Waals surface area (Å²) in [7, 11) is 0. The van der Waals surface area contributed by atoms with E-state index in [4.69, 9.17) is 4.74 Å². The largest absolute Gasteiger partial charge is 0.441 e. The van der Waals surface area contributed by atoms with Crippen molar-refractivity contribution in [3.8, 4) is 6.07 Å². The summed E-state index contributed by atoms with van der Waals surface area (Å²) < 4.78 is 7.56. The summed E-state index contributed by atoms with van der Waals surface area (Å²) in [5.74, 6) is 0. The van der Waals surface area contributed by atoms with Gasteiger partial charge in [0.15, 0.2) is 0 Å². The molecule has 1 saturated carbocycles. The fourth-order valence-electron chi connectivity index (χ4n) is 5.53. The lowest BCUT2D eigenvalue weighted by molar-refractivity contribution is 0.0662. The van der Waals surface area contributed by atoms with Crippen molar-refractivity contribution in [1.82, 2.24) is 14.5 Å². The van der Waals surface area contributed by atoms with Gasteiger partial charge in [-0.25, -0.2) is 9.59 Å². The number of aromatic nitrogens is 2. The van der Waals surface area contributed by atoms with Gasteiger partial charge in [0.05, 0.1) is 22.6 Å². The molecule has 7 heteroatoms. The van der Waals surface area contributed by atoms with Crippen LogP contribution in [0.1, 0.15) is 62.7 Å². The summed E-state index contributed by atoms with van der Waals surface area (Å²) in [6.45, 7) is 3.93. The lowest BCUT2D eigenvalue weighted by Crippen LogP contribution is -2.43. The van der Waals surface area contributed by atoms with Gasteiger partial charge >= 0.3 is 11.8 Å². The molecule has 32 heavy (non-hydrogen) atoms. The highest BCUT2D eigenvalue weighted by atomic mass is 16.6. The van der Waals surface area contributed by atoms with Crippen LogP contribution in [-0.4, -0.2) is 32.2 Å². The van der Waals surface area contributed by atoms with Gasteiger partial charge in [0.1, 0.15) is 11.7 Å². The lowest BCUT2D eigenvalue weighted by atomic mass is 9.86. The molecule has 1 aromatic heterocycles. The Bertz CT molecular complexity index is 1260. The van der Waals surface area contributed by atoms with Gasteiger partial charge in [0.2, 0.25) is 0 Å². The number of ether oxygens (including phenoxy) is 1. The van der Waals surface area contributed by atoms with Gasteiger partial charge in [0.25, 0.3) is 0 Å². The molecule has 1 saturated heterocycles. The quantitative estimate of drug-likeness (QED) is 0.654. The molecule has 2 aliphatic rings. The molecule has 1 amide bonds. The highest BCUT2D eigenvalue weighted by Crippen LogP contribution is 2.45. The predicted molar refractivity (Wildman–Crippen MR) is 120 cm³/mol.